The molecule has 0 saturated carbocycles. The summed E-state index contributed by atoms with van der Waals surface area (Å²) in [5, 5.41) is 11.7. The van der Waals surface area contributed by atoms with Crippen LogP contribution in [0.2, 0.25) is 0 Å². The molecule has 0 saturated heterocycles. The monoisotopic (exact) mass is 249 g/mol. The predicted octanol–water partition coefficient (Wildman–Crippen LogP) is 1.83. The molecule has 0 atom stereocenters. The highest BCUT2D eigenvalue weighted by atomic mass is 19.1. The van der Waals surface area contributed by atoms with E-state index in [0.717, 1.165) is 0 Å². The zero-order valence-electron chi connectivity index (χ0n) is 9.51. The second-order valence-corrected chi connectivity index (χ2v) is 3.69. The number of rotatable bonds is 5. The Balaban J connectivity index is 2.06. The lowest BCUT2D eigenvalue weighted by atomic mass is 10.1. The van der Waals surface area contributed by atoms with Gasteiger partial charge in [-0.3, -0.25) is 0 Å². The van der Waals surface area contributed by atoms with Crippen LogP contribution in [0.3, 0.4) is 0 Å². The Bertz CT molecular complexity index is 540. The van der Waals surface area contributed by atoms with Crippen LogP contribution in [-0.4, -0.2) is 27.2 Å². The van der Waals surface area contributed by atoms with E-state index in [-0.39, 0.29) is 11.3 Å². The number of imidazole rings is 1. The van der Waals surface area contributed by atoms with Crippen LogP contribution in [0.5, 0.6) is 0 Å². The minimum absolute atomic E-state index is 0.0186. The van der Waals surface area contributed by atoms with Crippen molar-refractivity contribution in [3.05, 3.63) is 48.3 Å². The first-order valence-corrected chi connectivity index (χ1v) is 5.40. The van der Waals surface area contributed by atoms with Gasteiger partial charge >= 0.3 is 5.97 Å². The summed E-state index contributed by atoms with van der Waals surface area (Å²) in [7, 11) is 0. The van der Waals surface area contributed by atoms with Crippen molar-refractivity contribution in [3.63, 3.8) is 0 Å². The first-order valence-electron chi connectivity index (χ1n) is 5.40. The molecule has 0 fully saturated rings. The van der Waals surface area contributed by atoms with Gasteiger partial charge in [-0.2, -0.15) is 0 Å². The molecule has 6 heteroatoms. The van der Waals surface area contributed by atoms with E-state index in [2.05, 4.69) is 10.3 Å². The molecule has 0 radical (unpaired) electrons. The second kappa shape index (κ2) is 5.31. The Labute approximate surface area is 103 Å². The molecule has 0 unspecified atom stereocenters. The molecule has 94 valence electrons. The lowest BCUT2D eigenvalue weighted by Crippen LogP contribution is -2.13. The highest BCUT2D eigenvalue weighted by molar-refractivity contribution is 5.94. The van der Waals surface area contributed by atoms with E-state index in [1.165, 1.54) is 18.2 Å². The average molecular weight is 249 g/mol. The highest BCUT2D eigenvalue weighted by Crippen LogP contribution is 2.19. The van der Waals surface area contributed by atoms with Crippen LogP contribution in [0.15, 0.2) is 36.9 Å². The molecule has 1 heterocycles. The van der Waals surface area contributed by atoms with Crippen molar-refractivity contribution in [2.24, 2.45) is 0 Å². The minimum atomic E-state index is -1.15. The quantitative estimate of drug-likeness (QED) is 0.848. The standard InChI is InChI=1S/C12H12FN3O2/c13-10-3-1-2-9(12(17)18)11(10)15-5-7-16-6-4-14-8-16/h1-4,6,8,15H,5,7H2,(H,17,18). The molecule has 0 spiro atoms. The van der Waals surface area contributed by atoms with E-state index < -0.39 is 11.8 Å². The molecule has 0 bridgehead atoms. The summed E-state index contributed by atoms with van der Waals surface area (Å²) in [5.41, 5.74) is -0.0502. The highest BCUT2D eigenvalue weighted by Gasteiger charge is 2.13. The number of halogens is 1. The van der Waals surface area contributed by atoms with Crippen LogP contribution in [0.1, 0.15) is 10.4 Å². The van der Waals surface area contributed by atoms with E-state index in [9.17, 15) is 9.18 Å². The van der Waals surface area contributed by atoms with Crippen LogP contribution in [-0.2, 0) is 6.54 Å². The van der Waals surface area contributed by atoms with Crippen molar-refractivity contribution >= 4 is 11.7 Å². The normalized spacial score (nSPS) is 10.3. The fourth-order valence-corrected chi connectivity index (χ4v) is 1.61. The van der Waals surface area contributed by atoms with Gasteiger partial charge in [0.05, 0.1) is 17.6 Å². The number of aromatic carboxylic acids is 1. The first kappa shape index (κ1) is 12.1. The molecule has 2 aromatic rings. The van der Waals surface area contributed by atoms with E-state index in [1.54, 1.807) is 18.7 Å². The summed E-state index contributed by atoms with van der Waals surface area (Å²) in [6.45, 7) is 0.991. The molecule has 2 rings (SSSR count). The van der Waals surface area contributed by atoms with Crippen molar-refractivity contribution in [2.75, 3.05) is 11.9 Å². The van der Waals surface area contributed by atoms with Crippen LogP contribution >= 0.6 is 0 Å². The van der Waals surface area contributed by atoms with Gasteiger partial charge in [0.25, 0.3) is 0 Å². The van der Waals surface area contributed by atoms with Crippen molar-refractivity contribution in [2.45, 2.75) is 6.54 Å². The van der Waals surface area contributed by atoms with Crippen LogP contribution in [0, 0.1) is 5.82 Å². The predicted molar refractivity (Wildman–Crippen MR) is 64.1 cm³/mol. The van der Waals surface area contributed by atoms with Gasteiger partial charge < -0.3 is 15.0 Å². The number of carbonyl (C=O) groups is 1. The van der Waals surface area contributed by atoms with Crippen LogP contribution < -0.4 is 5.32 Å². The fourth-order valence-electron chi connectivity index (χ4n) is 1.61. The molecule has 5 nitrogen and oxygen atoms in total. The van der Waals surface area contributed by atoms with Gasteiger partial charge in [0.15, 0.2) is 0 Å². The number of hydrogen-bond donors (Lipinski definition) is 2. The minimum Gasteiger partial charge on any atom is -0.478 e. The average Bonchev–Trinajstić information content (AvgIpc) is 2.84. The van der Waals surface area contributed by atoms with E-state index in [0.29, 0.717) is 13.1 Å². The summed E-state index contributed by atoms with van der Waals surface area (Å²) in [6.07, 6.45) is 5.06. The Morgan fingerprint density at radius 2 is 2.33 bits per heavy atom. The summed E-state index contributed by atoms with van der Waals surface area (Å²) >= 11 is 0. The Hall–Kier alpha value is -2.37. The smallest absolute Gasteiger partial charge is 0.337 e. The van der Waals surface area contributed by atoms with E-state index >= 15 is 0 Å². The van der Waals surface area contributed by atoms with Gasteiger partial charge in [-0.15, -0.1) is 0 Å². The molecular weight excluding hydrogens is 237 g/mol. The van der Waals surface area contributed by atoms with E-state index in [4.69, 9.17) is 5.11 Å². The number of carboxylic acid groups (broad SMARTS) is 1. The van der Waals surface area contributed by atoms with Crippen LogP contribution in [0.4, 0.5) is 10.1 Å². The number of carboxylic acids is 1. The lowest BCUT2D eigenvalue weighted by molar-refractivity contribution is 0.0697. The molecule has 18 heavy (non-hydrogen) atoms. The summed E-state index contributed by atoms with van der Waals surface area (Å²) in [6, 6.07) is 3.97. The molecule has 0 aliphatic rings. The topological polar surface area (TPSA) is 67.2 Å². The molecule has 0 aliphatic carbocycles. The number of nitrogens with one attached hydrogen (secondary N) is 1. The van der Waals surface area contributed by atoms with Crippen molar-refractivity contribution in [1.29, 1.82) is 0 Å². The Morgan fingerprint density at radius 1 is 1.50 bits per heavy atom. The van der Waals surface area contributed by atoms with Crippen molar-refractivity contribution < 1.29 is 14.3 Å². The summed E-state index contributed by atoms with van der Waals surface area (Å²) in [4.78, 5) is 14.8. The van der Waals surface area contributed by atoms with Crippen LogP contribution in [0.25, 0.3) is 0 Å². The number of para-hydroxylation sites is 1. The molecule has 0 aliphatic heterocycles. The van der Waals surface area contributed by atoms with Crippen molar-refractivity contribution in [3.8, 4) is 0 Å². The largest absolute Gasteiger partial charge is 0.478 e. The number of hydrogen-bond acceptors (Lipinski definition) is 3. The molecule has 0 amide bonds. The van der Waals surface area contributed by atoms with Crippen molar-refractivity contribution in [1.82, 2.24) is 9.55 Å². The Morgan fingerprint density at radius 3 is 3.00 bits per heavy atom. The second-order valence-electron chi connectivity index (χ2n) is 3.69. The number of anilines is 1. The summed E-state index contributed by atoms with van der Waals surface area (Å²) < 4.78 is 15.3. The third-order valence-corrected chi connectivity index (χ3v) is 2.47. The van der Waals surface area contributed by atoms with E-state index in [1.807, 2.05) is 4.57 Å². The molecule has 1 aromatic carbocycles. The van der Waals surface area contributed by atoms with Gasteiger partial charge in [0.1, 0.15) is 5.82 Å². The Kier molecular flexibility index (Phi) is 3.57. The van der Waals surface area contributed by atoms with Gasteiger partial charge in [-0.05, 0) is 12.1 Å². The third-order valence-electron chi connectivity index (χ3n) is 2.47. The molecular formula is C12H12FN3O2. The molecule has 1 aromatic heterocycles. The van der Waals surface area contributed by atoms with Gasteiger partial charge in [-0.25, -0.2) is 14.2 Å². The molecule has 2 N–H and O–H groups in total. The number of benzene rings is 1. The zero-order chi connectivity index (χ0) is 13.0. The maximum Gasteiger partial charge on any atom is 0.337 e. The fraction of sp³-hybridized carbons (Fsp3) is 0.167. The third kappa shape index (κ3) is 2.65. The zero-order valence-corrected chi connectivity index (χ0v) is 9.51. The van der Waals surface area contributed by atoms with Gasteiger partial charge in [0, 0.05) is 25.5 Å². The SMILES string of the molecule is O=C(O)c1cccc(F)c1NCCn1ccnc1. The van der Waals surface area contributed by atoms with Gasteiger partial charge in [0.2, 0.25) is 0 Å². The number of aromatic nitrogens is 2. The van der Waals surface area contributed by atoms with Gasteiger partial charge in [-0.1, -0.05) is 6.07 Å². The number of nitrogens with zero attached hydrogens (tertiary/aromatic N) is 2. The lowest BCUT2D eigenvalue weighted by Gasteiger charge is -2.10. The summed E-state index contributed by atoms with van der Waals surface area (Å²) in [5.74, 6) is -1.72. The first-order chi connectivity index (χ1) is 8.68. The maximum atomic E-state index is 13.5. The maximum absolute atomic E-state index is 13.5.